The number of aliphatic imine (C=N–C) groups is 1. The molecule has 27 heavy (non-hydrogen) atoms. The van der Waals surface area contributed by atoms with Crippen LogP contribution in [0.25, 0.3) is 0 Å². The molecule has 2 aliphatic heterocycles. The second kappa shape index (κ2) is 10.5. The van der Waals surface area contributed by atoms with Crippen LogP contribution in [0.1, 0.15) is 37.9 Å². The first-order valence-electron chi connectivity index (χ1n) is 10.1. The van der Waals surface area contributed by atoms with Crippen LogP contribution >= 0.6 is 0 Å². The standard InChI is InChI=1S/C18H32N6O3/c1-19-17(21-9-5-12-27-15-7-13-26-14-15)20-8-4-11-24-18(25)23-10-3-2-6-16(23)22-24/h15H,2-14H2,1H3,(H2,19,20,21). The van der Waals surface area contributed by atoms with Crippen LogP contribution < -0.4 is 16.3 Å². The summed E-state index contributed by atoms with van der Waals surface area (Å²) in [5, 5.41) is 11.0. The van der Waals surface area contributed by atoms with Crippen molar-refractivity contribution in [3.05, 3.63) is 16.3 Å². The Kier molecular flexibility index (Phi) is 7.70. The maximum absolute atomic E-state index is 12.3. The largest absolute Gasteiger partial charge is 0.379 e. The summed E-state index contributed by atoms with van der Waals surface area (Å²) < 4.78 is 14.5. The highest BCUT2D eigenvalue weighted by molar-refractivity contribution is 5.79. The van der Waals surface area contributed by atoms with Crippen LogP contribution in [0.5, 0.6) is 0 Å². The molecule has 0 spiro atoms. The quantitative estimate of drug-likeness (QED) is 0.359. The van der Waals surface area contributed by atoms with E-state index in [9.17, 15) is 4.79 Å². The fourth-order valence-corrected chi connectivity index (χ4v) is 3.42. The lowest BCUT2D eigenvalue weighted by Crippen LogP contribution is -2.39. The Bertz CT molecular complexity index is 663. The molecule has 0 bridgehead atoms. The van der Waals surface area contributed by atoms with Gasteiger partial charge in [0.25, 0.3) is 0 Å². The Morgan fingerprint density at radius 2 is 2.19 bits per heavy atom. The van der Waals surface area contributed by atoms with E-state index in [4.69, 9.17) is 9.47 Å². The first-order valence-corrected chi connectivity index (χ1v) is 10.1. The van der Waals surface area contributed by atoms with Crippen LogP contribution in [0, 0.1) is 0 Å². The number of guanidine groups is 1. The molecular formula is C18H32N6O3. The van der Waals surface area contributed by atoms with Crippen molar-refractivity contribution in [2.45, 2.75) is 57.7 Å². The number of nitrogens with zero attached hydrogens (tertiary/aromatic N) is 4. The summed E-state index contributed by atoms with van der Waals surface area (Å²) in [6.45, 7) is 5.24. The van der Waals surface area contributed by atoms with Gasteiger partial charge in [-0.25, -0.2) is 9.48 Å². The molecule has 0 radical (unpaired) electrons. The van der Waals surface area contributed by atoms with Crippen molar-refractivity contribution in [3.8, 4) is 0 Å². The molecule has 3 heterocycles. The Hall–Kier alpha value is -1.87. The van der Waals surface area contributed by atoms with Gasteiger partial charge in [-0.2, -0.15) is 5.10 Å². The molecule has 9 nitrogen and oxygen atoms in total. The first-order chi connectivity index (χ1) is 13.3. The van der Waals surface area contributed by atoms with Gasteiger partial charge in [-0.3, -0.25) is 9.56 Å². The van der Waals surface area contributed by atoms with Crippen molar-refractivity contribution >= 4 is 5.96 Å². The normalized spacial score (nSPS) is 19.9. The number of fused-ring (bicyclic) bond motifs is 1. The molecule has 0 aliphatic carbocycles. The Morgan fingerprint density at radius 1 is 1.33 bits per heavy atom. The first kappa shape index (κ1) is 19.9. The van der Waals surface area contributed by atoms with E-state index in [1.54, 1.807) is 11.7 Å². The van der Waals surface area contributed by atoms with Crippen molar-refractivity contribution in [1.29, 1.82) is 0 Å². The molecule has 1 unspecified atom stereocenters. The molecule has 0 saturated carbocycles. The van der Waals surface area contributed by atoms with Gasteiger partial charge < -0.3 is 20.1 Å². The maximum atomic E-state index is 12.3. The molecule has 1 saturated heterocycles. The summed E-state index contributed by atoms with van der Waals surface area (Å²) in [5.41, 5.74) is 0.0277. The van der Waals surface area contributed by atoms with Crippen LogP contribution in [0.3, 0.4) is 0 Å². The van der Waals surface area contributed by atoms with Gasteiger partial charge >= 0.3 is 5.69 Å². The predicted molar refractivity (Wildman–Crippen MR) is 103 cm³/mol. The Balaban J connectivity index is 1.28. The van der Waals surface area contributed by atoms with Gasteiger partial charge in [0.05, 0.1) is 12.7 Å². The van der Waals surface area contributed by atoms with Gasteiger partial charge in [-0.05, 0) is 32.1 Å². The summed E-state index contributed by atoms with van der Waals surface area (Å²) in [7, 11) is 1.76. The molecule has 0 aromatic carbocycles. The van der Waals surface area contributed by atoms with Crippen LogP contribution in [-0.4, -0.2) is 66.4 Å². The smallest absolute Gasteiger partial charge is 0.345 e. The number of aromatic nitrogens is 3. The third-order valence-corrected chi connectivity index (χ3v) is 4.95. The van der Waals surface area contributed by atoms with Crippen LogP contribution in [0.15, 0.2) is 9.79 Å². The van der Waals surface area contributed by atoms with Crippen molar-refractivity contribution in [3.63, 3.8) is 0 Å². The molecule has 2 aliphatic rings. The van der Waals surface area contributed by atoms with Gasteiger partial charge in [-0.15, -0.1) is 0 Å². The number of ether oxygens (including phenoxy) is 2. The topological polar surface area (TPSA) is 94.7 Å². The number of nitrogens with one attached hydrogen (secondary N) is 2. The molecule has 9 heteroatoms. The second-order valence-corrected chi connectivity index (χ2v) is 7.02. The van der Waals surface area contributed by atoms with E-state index in [2.05, 4.69) is 20.7 Å². The van der Waals surface area contributed by atoms with E-state index >= 15 is 0 Å². The van der Waals surface area contributed by atoms with E-state index < -0.39 is 0 Å². The molecule has 152 valence electrons. The van der Waals surface area contributed by atoms with Crippen molar-refractivity contribution in [2.75, 3.05) is 40.0 Å². The third-order valence-electron chi connectivity index (χ3n) is 4.95. The van der Waals surface area contributed by atoms with Crippen LogP contribution in [0.2, 0.25) is 0 Å². The zero-order valence-corrected chi connectivity index (χ0v) is 16.3. The maximum Gasteiger partial charge on any atom is 0.345 e. The average Bonchev–Trinajstić information content (AvgIpc) is 3.32. The highest BCUT2D eigenvalue weighted by Gasteiger charge is 2.16. The molecule has 1 fully saturated rings. The summed E-state index contributed by atoms with van der Waals surface area (Å²) in [4.78, 5) is 16.5. The molecule has 1 aromatic rings. The highest BCUT2D eigenvalue weighted by atomic mass is 16.5. The molecule has 1 atom stereocenters. The van der Waals surface area contributed by atoms with Gasteiger partial charge in [0.2, 0.25) is 0 Å². The van der Waals surface area contributed by atoms with Crippen molar-refractivity contribution in [1.82, 2.24) is 25.0 Å². The van der Waals surface area contributed by atoms with E-state index in [0.717, 1.165) is 89.8 Å². The zero-order valence-electron chi connectivity index (χ0n) is 16.3. The third kappa shape index (κ3) is 5.80. The molecule has 2 N–H and O–H groups in total. The lowest BCUT2D eigenvalue weighted by atomic mass is 10.2. The summed E-state index contributed by atoms with van der Waals surface area (Å²) >= 11 is 0. The summed E-state index contributed by atoms with van der Waals surface area (Å²) in [6.07, 6.45) is 6.11. The molecular weight excluding hydrogens is 348 g/mol. The molecule has 1 aromatic heterocycles. The minimum absolute atomic E-state index is 0.0277. The lowest BCUT2D eigenvalue weighted by Gasteiger charge is -2.13. The number of aryl methyl sites for hydroxylation is 2. The average molecular weight is 380 g/mol. The van der Waals surface area contributed by atoms with Crippen LogP contribution in [0.4, 0.5) is 0 Å². The molecule has 3 rings (SSSR count). The van der Waals surface area contributed by atoms with E-state index in [0.29, 0.717) is 6.54 Å². The minimum Gasteiger partial charge on any atom is -0.379 e. The zero-order chi connectivity index (χ0) is 18.9. The lowest BCUT2D eigenvalue weighted by molar-refractivity contribution is 0.0420. The van der Waals surface area contributed by atoms with Crippen LogP contribution in [-0.2, 0) is 29.0 Å². The Labute approximate surface area is 160 Å². The predicted octanol–water partition coefficient (Wildman–Crippen LogP) is 0.132. The minimum atomic E-state index is 0.0277. The van der Waals surface area contributed by atoms with Crippen molar-refractivity contribution in [2.24, 2.45) is 4.99 Å². The summed E-state index contributed by atoms with van der Waals surface area (Å²) in [5.74, 6) is 1.71. The fourth-order valence-electron chi connectivity index (χ4n) is 3.42. The van der Waals surface area contributed by atoms with E-state index in [1.807, 2.05) is 4.57 Å². The monoisotopic (exact) mass is 380 g/mol. The SMILES string of the molecule is CN=C(NCCCOC1CCOC1)NCCCn1nc2n(c1=O)CCCC2. The second-order valence-electron chi connectivity index (χ2n) is 7.02. The van der Waals surface area contributed by atoms with E-state index in [1.165, 1.54) is 0 Å². The molecule has 0 amide bonds. The van der Waals surface area contributed by atoms with Gasteiger partial charge in [-0.1, -0.05) is 0 Å². The van der Waals surface area contributed by atoms with Gasteiger partial charge in [0.1, 0.15) is 5.82 Å². The fraction of sp³-hybridized carbons (Fsp3) is 0.833. The number of rotatable bonds is 9. The Morgan fingerprint density at radius 3 is 2.93 bits per heavy atom. The number of hydrogen-bond donors (Lipinski definition) is 2. The summed E-state index contributed by atoms with van der Waals surface area (Å²) in [6, 6.07) is 0. The van der Waals surface area contributed by atoms with Gasteiger partial charge in [0.15, 0.2) is 5.96 Å². The highest BCUT2D eigenvalue weighted by Crippen LogP contribution is 2.09. The van der Waals surface area contributed by atoms with Gasteiger partial charge in [0, 0.05) is 52.9 Å². The number of hydrogen-bond acceptors (Lipinski definition) is 5. The van der Waals surface area contributed by atoms with E-state index in [-0.39, 0.29) is 11.8 Å². The van der Waals surface area contributed by atoms with Crippen molar-refractivity contribution < 1.29 is 9.47 Å².